The van der Waals surface area contributed by atoms with E-state index in [1.54, 1.807) is 7.11 Å². The van der Waals surface area contributed by atoms with E-state index in [0.29, 0.717) is 0 Å². The summed E-state index contributed by atoms with van der Waals surface area (Å²) in [4.78, 5) is 23.5. The van der Waals surface area contributed by atoms with Gasteiger partial charge < -0.3 is 10.1 Å². The molecule has 2 aliphatic carbocycles. The lowest BCUT2D eigenvalue weighted by Crippen LogP contribution is -2.46. The summed E-state index contributed by atoms with van der Waals surface area (Å²) in [6, 6.07) is 15.4. The number of nitrogens with one attached hydrogen (secondary N) is 1. The molecule has 2 atom stereocenters. The number of anilines is 1. The molecule has 1 heterocycles. The van der Waals surface area contributed by atoms with Crippen molar-refractivity contribution >= 4 is 22.6 Å². The topological polar surface area (TPSA) is 64.1 Å². The fourth-order valence-corrected chi connectivity index (χ4v) is 5.24. The Labute approximate surface area is 164 Å². The Morgan fingerprint density at radius 3 is 2.43 bits per heavy atom. The van der Waals surface area contributed by atoms with Gasteiger partial charge in [-0.15, -0.1) is 0 Å². The maximum Gasteiger partial charge on any atom is 0.237 e. The smallest absolute Gasteiger partial charge is 0.237 e. The number of nitrogens with zero attached hydrogens (tertiary/aromatic N) is 2. The predicted molar refractivity (Wildman–Crippen MR) is 109 cm³/mol. The summed E-state index contributed by atoms with van der Waals surface area (Å²) in [5, 5.41) is 3.14. The predicted octanol–water partition coefficient (Wildman–Crippen LogP) is 4.43. The van der Waals surface area contributed by atoms with Gasteiger partial charge in [0, 0.05) is 11.6 Å². The molecule has 5 heteroatoms. The molecule has 1 fully saturated rings. The van der Waals surface area contributed by atoms with Crippen LogP contribution in [0.2, 0.25) is 0 Å². The van der Waals surface area contributed by atoms with E-state index in [-0.39, 0.29) is 17.2 Å². The van der Waals surface area contributed by atoms with Crippen molar-refractivity contribution in [1.29, 1.82) is 0 Å². The highest BCUT2D eigenvalue weighted by Crippen LogP contribution is 2.67. The van der Waals surface area contributed by atoms with Crippen LogP contribution in [-0.4, -0.2) is 23.0 Å². The number of carbonyl (C=O) groups is 1. The van der Waals surface area contributed by atoms with Gasteiger partial charge in [-0.3, -0.25) is 4.79 Å². The van der Waals surface area contributed by atoms with Crippen LogP contribution in [0.4, 0.5) is 5.69 Å². The first-order chi connectivity index (χ1) is 13.5. The maximum absolute atomic E-state index is 13.7. The van der Waals surface area contributed by atoms with Crippen molar-refractivity contribution in [3.8, 4) is 5.75 Å². The van der Waals surface area contributed by atoms with Crippen LogP contribution in [0.3, 0.4) is 0 Å². The minimum absolute atomic E-state index is 0.00787. The van der Waals surface area contributed by atoms with Crippen molar-refractivity contribution in [3.05, 3.63) is 59.9 Å². The van der Waals surface area contributed by atoms with E-state index in [1.807, 2.05) is 48.5 Å². The van der Waals surface area contributed by atoms with Crippen LogP contribution in [0.15, 0.2) is 48.5 Å². The van der Waals surface area contributed by atoms with Gasteiger partial charge in [0.05, 0.1) is 34.9 Å². The number of hydrogen-bond acceptors (Lipinski definition) is 4. The molecule has 2 bridgehead atoms. The van der Waals surface area contributed by atoms with Gasteiger partial charge in [-0.1, -0.05) is 26.0 Å². The van der Waals surface area contributed by atoms with Crippen molar-refractivity contribution < 1.29 is 9.53 Å². The Bertz CT molecular complexity index is 1090. The number of para-hydroxylation sites is 2. The van der Waals surface area contributed by atoms with Gasteiger partial charge >= 0.3 is 0 Å². The van der Waals surface area contributed by atoms with E-state index in [4.69, 9.17) is 14.7 Å². The zero-order valence-electron chi connectivity index (χ0n) is 16.3. The standard InChI is InChI=1S/C23H23N3O2/c1-22(2)16-12-13-23(22,21(27)24-14-8-10-15(28-3)11-9-14)20-19(16)25-17-6-4-5-7-18(17)26-20/h4-11,16H,12-13H2,1-3H3,(H,24,27). The lowest BCUT2D eigenvalue weighted by Gasteiger charge is -2.36. The molecule has 3 aromatic rings. The summed E-state index contributed by atoms with van der Waals surface area (Å²) < 4.78 is 5.21. The molecule has 142 valence electrons. The van der Waals surface area contributed by atoms with Crippen molar-refractivity contribution in [2.45, 2.75) is 38.0 Å². The second kappa shape index (κ2) is 5.77. The number of carbonyl (C=O) groups excluding carboxylic acids is 1. The van der Waals surface area contributed by atoms with E-state index < -0.39 is 5.41 Å². The van der Waals surface area contributed by atoms with Gasteiger partial charge in [0.15, 0.2) is 0 Å². The van der Waals surface area contributed by atoms with Crippen LogP contribution in [0, 0.1) is 5.41 Å². The molecule has 0 radical (unpaired) electrons. The van der Waals surface area contributed by atoms with Crippen LogP contribution in [0.25, 0.3) is 11.0 Å². The van der Waals surface area contributed by atoms with Crippen molar-refractivity contribution in [2.24, 2.45) is 5.41 Å². The van der Waals surface area contributed by atoms with Crippen LogP contribution >= 0.6 is 0 Å². The van der Waals surface area contributed by atoms with Crippen molar-refractivity contribution in [1.82, 2.24) is 9.97 Å². The second-order valence-corrected chi connectivity index (χ2v) is 8.35. The first-order valence-corrected chi connectivity index (χ1v) is 9.70. The average molecular weight is 373 g/mol. The van der Waals surface area contributed by atoms with Gasteiger partial charge in [-0.25, -0.2) is 9.97 Å². The largest absolute Gasteiger partial charge is 0.497 e. The quantitative estimate of drug-likeness (QED) is 0.737. The minimum atomic E-state index is -0.663. The summed E-state index contributed by atoms with van der Waals surface area (Å²) in [7, 11) is 1.63. The third-order valence-electron chi connectivity index (χ3n) is 6.85. The molecule has 28 heavy (non-hydrogen) atoms. The van der Waals surface area contributed by atoms with E-state index in [0.717, 1.165) is 46.7 Å². The molecular weight excluding hydrogens is 350 g/mol. The number of aromatic nitrogens is 2. The van der Waals surface area contributed by atoms with Gasteiger partial charge in [0.1, 0.15) is 5.75 Å². The fourth-order valence-electron chi connectivity index (χ4n) is 5.24. The maximum atomic E-state index is 13.7. The van der Waals surface area contributed by atoms with Gasteiger partial charge in [0.25, 0.3) is 0 Å². The first-order valence-electron chi connectivity index (χ1n) is 9.70. The molecule has 2 unspecified atom stereocenters. The third kappa shape index (κ3) is 2.10. The van der Waals surface area contributed by atoms with E-state index in [1.165, 1.54) is 0 Å². The SMILES string of the molecule is COc1ccc(NC(=O)C23CCC(c4nc5ccccc5nc42)C3(C)C)cc1. The van der Waals surface area contributed by atoms with Crippen LogP contribution < -0.4 is 10.1 Å². The highest BCUT2D eigenvalue weighted by atomic mass is 16.5. The highest BCUT2D eigenvalue weighted by molar-refractivity contribution is 6.01. The number of benzene rings is 2. The molecule has 1 saturated carbocycles. The molecule has 0 spiro atoms. The van der Waals surface area contributed by atoms with E-state index >= 15 is 0 Å². The van der Waals surface area contributed by atoms with Gasteiger partial charge in [-0.05, 0) is 54.7 Å². The lowest BCUT2D eigenvalue weighted by atomic mass is 9.67. The monoisotopic (exact) mass is 373 g/mol. The normalized spacial score (nSPS) is 24.2. The number of fused-ring (bicyclic) bond motifs is 6. The number of ether oxygens (including phenoxy) is 1. The van der Waals surface area contributed by atoms with Crippen molar-refractivity contribution in [2.75, 3.05) is 12.4 Å². The third-order valence-corrected chi connectivity index (χ3v) is 6.85. The fraction of sp³-hybridized carbons (Fsp3) is 0.348. The Morgan fingerprint density at radius 2 is 1.75 bits per heavy atom. The van der Waals surface area contributed by atoms with Crippen molar-refractivity contribution in [3.63, 3.8) is 0 Å². The molecule has 0 saturated heterocycles. The molecular formula is C23H23N3O2. The van der Waals surface area contributed by atoms with Gasteiger partial charge in [-0.2, -0.15) is 0 Å². The van der Waals surface area contributed by atoms with Crippen LogP contribution in [0.1, 0.15) is 44.0 Å². The molecule has 0 aliphatic heterocycles. The first kappa shape index (κ1) is 17.2. The van der Waals surface area contributed by atoms with E-state index in [9.17, 15) is 4.79 Å². The second-order valence-electron chi connectivity index (χ2n) is 8.35. The molecule has 5 rings (SSSR count). The Kier molecular flexibility index (Phi) is 3.54. The molecule has 1 N–H and O–H groups in total. The summed E-state index contributed by atoms with van der Waals surface area (Å²) >= 11 is 0. The summed E-state index contributed by atoms with van der Waals surface area (Å²) in [6.45, 7) is 4.37. The summed E-state index contributed by atoms with van der Waals surface area (Å²) in [5.74, 6) is 1.02. The number of amides is 1. The Morgan fingerprint density at radius 1 is 1.07 bits per heavy atom. The van der Waals surface area contributed by atoms with Gasteiger partial charge in [0.2, 0.25) is 5.91 Å². The summed E-state index contributed by atoms with van der Waals surface area (Å²) in [6.07, 6.45) is 1.76. The minimum Gasteiger partial charge on any atom is -0.497 e. The number of hydrogen-bond donors (Lipinski definition) is 1. The van der Waals surface area contributed by atoms with Crippen LogP contribution in [0.5, 0.6) is 5.75 Å². The Balaban J connectivity index is 1.61. The zero-order chi connectivity index (χ0) is 19.5. The molecule has 5 nitrogen and oxygen atoms in total. The van der Waals surface area contributed by atoms with Crippen LogP contribution in [-0.2, 0) is 10.2 Å². The lowest BCUT2D eigenvalue weighted by molar-refractivity contribution is -0.124. The molecule has 2 aliphatic rings. The molecule has 1 aromatic heterocycles. The number of methoxy groups -OCH3 is 1. The van der Waals surface area contributed by atoms with E-state index in [2.05, 4.69) is 19.2 Å². The molecule has 2 aromatic carbocycles. The molecule has 1 amide bonds. The highest BCUT2D eigenvalue weighted by Gasteiger charge is 2.67. The number of rotatable bonds is 3. The average Bonchev–Trinajstić information content (AvgIpc) is 3.08. The summed E-state index contributed by atoms with van der Waals surface area (Å²) in [5.41, 5.74) is 3.48. The zero-order valence-corrected chi connectivity index (χ0v) is 16.3. The Hall–Kier alpha value is -2.95.